The molecule has 1 unspecified atom stereocenters. The van der Waals surface area contributed by atoms with Crippen molar-refractivity contribution < 1.29 is 19.4 Å². The monoisotopic (exact) mass is 405 g/mol. The van der Waals surface area contributed by atoms with Gasteiger partial charge in [-0.25, -0.2) is 0 Å². The number of methoxy groups -OCH3 is 1. The molecular formula is C22H35N3O4. The first-order chi connectivity index (χ1) is 13.7. The molecule has 0 aromatic carbocycles. The second kappa shape index (κ2) is 13.6. The first kappa shape index (κ1) is 26.4. The Kier molecular flexibility index (Phi) is 12.4. The van der Waals surface area contributed by atoms with Crippen molar-refractivity contribution in [3.05, 3.63) is 23.5 Å². The van der Waals surface area contributed by atoms with Gasteiger partial charge in [-0.2, -0.15) is 0 Å². The molecule has 162 valence electrons. The van der Waals surface area contributed by atoms with Crippen molar-refractivity contribution in [1.82, 2.24) is 15.2 Å². The number of rotatable bonds is 5. The molecule has 29 heavy (non-hydrogen) atoms. The van der Waals surface area contributed by atoms with Crippen molar-refractivity contribution in [3.8, 4) is 18.1 Å². The topological polar surface area (TPSA) is 91.8 Å². The maximum absolute atomic E-state index is 11.6. The van der Waals surface area contributed by atoms with Gasteiger partial charge in [-0.3, -0.25) is 14.6 Å². The summed E-state index contributed by atoms with van der Waals surface area (Å²) in [4.78, 5) is 27.5. The molecule has 1 fully saturated rings. The maximum Gasteiger partial charge on any atom is 0.223 e. The lowest BCUT2D eigenvalue weighted by molar-refractivity contribution is -0.132. The Bertz CT molecular complexity index is 678. The number of aliphatic hydroxyl groups is 1. The minimum absolute atomic E-state index is 0.0463. The molecule has 7 heteroatoms. The smallest absolute Gasteiger partial charge is 0.223 e. The summed E-state index contributed by atoms with van der Waals surface area (Å²) in [5.41, 5.74) is 1.35. The molecule has 2 N–H and O–H groups in total. The molecule has 0 radical (unpaired) electrons. The van der Waals surface area contributed by atoms with Crippen LogP contribution in [-0.2, 0) is 16.1 Å². The zero-order valence-electron chi connectivity index (χ0n) is 18.5. The van der Waals surface area contributed by atoms with Gasteiger partial charge in [-0.1, -0.05) is 40.5 Å². The van der Waals surface area contributed by atoms with E-state index in [1.807, 2.05) is 13.8 Å². The second-order valence-electron chi connectivity index (χ2n) is 7.54. The van der Waals surface area contributed by atoms with Gasteiger partial charge in [0.25, 0.3) is 0 Å². The fourth-order valence-electron chi connectivity index (χ4n) is 2.53. The van der Waals surface area contributed by atoms with E-state index in [-0.39, 0.29) is 17.4 Å². The highest BCUT2D eigenvalue weighted by atomic mass is 16.5. The fourth-order valence-corrected chi connectivity index (χ4v) is 2.53. The number of aliphatic hydroxyl groups excluding tert-OH is 1. The van der Waals surface area contributed by atoms with Crippen molar-refractivity contribution in [2.45, 2.75) is 60.1 Å². The predicted molar refractivity (Wildman–Crippen MR) is 114 cm³/mol. The van der Waals surface area contributed by atoms with Crippen LogP contribution in [0.2, 0.25) is 0 Å². The number of amides is 2. The van der Waals surface area contributed by atoms with Crippen molar-refractivity contribution >= 4 is 12.3 Å². The van der Waals surface area contributed by atoms with Crippen LogP contribution in [0.25, 0.3) is 0 Å². The van der Waals surface area contributed by atoms with Crippen LogP contribution in [0.5, 0.6) is 5.75 Å². The summed E-state index contributed by atoms with van der Waals surface area (Å²) < 4.78 is 5.07. The summed E-state index contributed by atoms with van der Waals surface area (Å²) in [6.07, 6.45) is 8.37. The largest absolute Gasteiger partial charge is 0.495 e. The molecule has 2 amide bonds. The summed E-state index contributed by atoms with van der Waals surface area (Å²) >= 11 is 0. The third-order valence-corrected chi connectivity index (χ3v) is 3.87. The molecule has 0 saturated carbocycles. The molecule has 2 heterocycles. The third-order valence-electron chi connectivity index (χ3n) is 3.87. The van der Waals surface area contributed by atoms with Gasteiger partial charge in [-0.15, -0.1) is 6.42 Å². The summed E-state index contributed by atoms with van der Waals surface area (Å²) in [6.45, 7) is 11.7. The Hall–Kier alpha value is -2.59. The van der Waals surface area contributed by atoms with E-state index in [1.54, 1.807) is 17.2 Å². The van der Waals surface area contributed by atoms with Gasteiger partial charge in [-0.05, 0) is 17.9 Å². The van der Waals surface area contributed by atoms with E-state index in [4.69, 9.17) is 11.2 Å². The van der Waals surface area contributed by atoms with E-state index in [1.165, 1.54) is 7.11 Å². The van der Waals surface area contributed by atoms with Crippen LogP contribution in [-0.4, -0.2) is 53.6 Å². The average Bonchev–Trinajstić information content (AvgIpc) is 3.13. The fraction of sp³-hybridized carbons (Fsp3) is 0.591. The first-order valence-electron chi connectivity index (χ1n) is 9.82. The lowest BCUT2D eigenvalue weighted by atomic mass is 9.92. The van der Waals surface area contributed by atoms with E-state index >= 15 is 0 Å². The maximum atomic E-state index is 11.6. The lowest BCUT2D eigenvalue weighted by Gasteiger charge is -2.22. The molecule has 7 nitrogen and oxygen atoms in total. The van der Waals surface area contributed by atoms with E-state index in [2.05, 4.69) is 37.0 Å². The van der Waals surface area contributed by atoms with Crippen LogP contribution in [0.15, 0.2) is 12.3 Å². The van der Waals surface area contributed by atoms with E-state index in [0.29, 0.717) is 42.9 Å². The number of aromatic nitrogens is 1. The van der Waals surface area contributed by atoms with Crippen LogP contribution < -0.4 is 10.1 Å². The number of likely N-dealkylation sites (tertiary alicyclic amines) is 1. The molecule has 1 atom stereocenters. The highest BCUT2D eigenvalue weighted by Gasteiger charge is 2.27. The number of β-amino-alcohol motifs (C(OH)–C–C–N with tert-alkyl or cyclic N) is 1. The predicted octanol–water partition coefficient (Wildman–Crippen LogP) is 2.36. The molecule has 1 saturated heterocycles. The Balaban J connectivity index is 0.000000499. The molecule has 2 rings (SSSR count). The summed E-state index contributed by atoms with van der Waals surface area (Å²) in [5.74, 6) is 3.20. The van der Waals surface area contributed by atoms with Crippen molar-refractivity contribution in [3.63, 3.8) is 0 Å². The summed E-state index contributed by atoms with van der Waals surface area (Å²) in [5, 5.41) is 11.8. The standard InChI is InChI=1S/C10H10N2O2.C10H19NO2.C2H6/c1-3-8-4-10(14-2)9(12-5-8)6-11-7-13;1-10(2,3)6-9(13)11-5-4-8(12)7-11;1-2/h1,4-5,7H,6H2,2H3,(H,11,13);8,12H,4-7H2,1-3H3;1-2H3. The Morgan fingerprint density at radius 1 is 1.48 bits per heavy atom. The lowest BCUT2D eigenvalue weighted by Crippen LogP contribution is -2.32. The van der Waals surface area contributed by atoms with Gasteiger partial charge in [0, 0.05) is 31.3 Å². The van der Waals surface area contributed by atoms with Gasteiger partial charge in [0.05, 0.1) is 19.8 Å². The van der Waals surface area contributed by atoms with Gasteiger partial charge in [0.2, 0.25) is 12.3 Å². The number of terminal acetylenes is 1. The molecule has 0 bridgehead atoms. The highest BCUT2D eigenvalue weighted by molar-refractivity contribution is 5.77. The number of carbonyl (C=O) groups excluding carboxylic acids is 2. The molecule has 1 aromatic rings. The van der Waals surface area contributed by atoms with E-state index < -0.39 is 0 Å². The normalized spacial score (nSPS) is 15.1. The SMILES string of the molecule is C#Cc1cnc(CNC=O)c(OC)c1.CC.CC(C)(C)CC(=O)N1CCC(O)C1. The number of nitrogens with zero attached hydrogens (tertiary/aromatic N) is 2. The number of nitrogens with one attached hydrogen (secondary N) is 1. The average molecular weight is 406 g/mol. The number of carbonyl (C=O) groups is 2. The van der Waals surface area contributed by atoms with Gasteiger partial charge >= 0.3 is 0 Å². The van der Waals surface area contributed by atoms with Crippen LogP contribution in [0.3, 0.4) is 0 Å². The Morgan fingerprint density at radius 2 is 2.14 bits per heavy atom. The van der Waals surface area contributed by atoms with E-state index in [9.17, 15) is 14.7 Å². The zero-order chi connectivity index (χ0) is 22.4. The van der Waals surface area contributed by atoms with Crippen LogP contribution in [0.1, 0.15) is 58.7 Å². The Morgan fingerprint density at radius 3 is 2.59 bits per heavy atom. The minimum Gasteiger partial charge on any atom is -0.495 e. The number of hydrogen-bond donors (Lipinski definition) is 2. The Labute approximate surface area is 174 Å². The zero-order valence-corrected chi connectivity index (χ0v) is 18.5. The van der Waals surface area contributed by atoms with Gasteiger partial charge in [0.15, 0.2) is 0 Å². The van der Waals surface area contributed by atoms with Crippen molar-refractivity contribution in [2.24, 2.45) is 5.41 Å². The third kappa shape index (κ3) is 10.5. The van der Waals surface area contributed by atoms with Crippen LogP contribution >= 0.6 is 0 Å². The minimum atomic E-state index is -0.302. The van der Waals surface area contributed by atoms with Gasteiger partial charge in [0.1, 0.15) is 11.4 Å². The molecule has 0 spiro atoms. The molecule has 0 aliphatic carbocycles. The summed E-state index contributed by atoms with van der Waals surface area (Å²) in [7, 11) is 1.53. The summed E-state index contributed by atoms with van der Waals surface area (Å²) in [6, 6.07) is 1.70. The highest BCUT2D eigenvalue weighted by Crippen LogP contribution is 2.21. The quantitative estimate of drug-likeness (QED) is 0.580. The molecule has 1 aliphatic rings. The van der Waals surface area contributed by atoms with Crippen molar-refractivity contribution in [2.75, 3.05) is 20.2 Å². The van der Waals surface area contributed by atoms with Crippen molar-refractivity contribution in [1.29, 1.82) is 0 Å². The van der Waals surface area contributed by atoms with E-state index in [0.717, 1.165) is 13.0 Å². The second-order valence-corrected chi connectivity index (χ2v) is 7.54. The van der Waals surface area contributed by atoms with Crippen LogP contribution in [0, 0.1) is 17.8 Å². The number of hydrogen-bond acceptors (Lipinski definition) is 5. The molecule has 1 aromatic heterocycles. The van der Waals surface area contributed by atoms with Gasteiger partial charge < -0.3 is 20.1 Å². The molecular weight excluding hydrogens is 370 g/mol. The number of ether oxygens (including phenoxy) is 1. The molecule has 1 aliphatic heterocycles. The first-order valence-corrected chi connectivity index (χ1v) is 9.82. The number of pyridine rings is 1. The van der Waals surface area contributed by atoms with Crippen LogP contribution in [0.4, 0.5) is 0 Å².